The van der Waals surface area contributed by atoms with Gasteiger partial charge in [0.15, 0.2) is 5.82 Å². The summed E-state index contributed by atoms with van der Waals surface area (Å²) in [5, 5.41) is 15.8. The molecule has 0 aliphatic rings. The molecule has 0 aliphatic carbocycles. The first-order chi connectivity index (χ1) is 10.0. The molecule has 0 radical (unpaired) electrons. The van der Waals surface area contributed by atoms with E-state index in [4.69, 9.17) is 16.7 Å². The number of anilines is 3. The molecule has 2 rings (SSSR count). The van der Waals surface area contributed by atoms with Crippen molar-refractivity contribution in [2.24, 2.45) is 0 Å². The van der Waals surface area contributed by atoms with Gasteiger partial charge in [-0.3, -0.25) is 0 Å². The van der Waals surface area contributed by atoms with E-state index in [1.54, 1.807) is 13.0 Å². The Labute approximate surface area is 127 Å². The number of rotatable bonds is 5. The first-order valence-electron chi connectivity index (χ1n) is 6.40. The van der Waals surface area contributed by atoms with E-state index in [0.29, 0.717) is 34.5 Å². The summed E-state index contributed by atoms with van der Waals surface area (Å²) in [6.45, 7) is 4.22. The van der Waals surface area contributed by atoms with Crippen molar-refractivity contribution in [1.29, 1.82) is 0 Å². The van der Waals surface area contributed by atoms with Gasteiger partial charge in [-0.25, -0.2) is 14.8 Å². The number of nitrogens with zero attached hydrogens (tertiary/aromatic N) is 2. The van der Waals surface area contributed by atoms with Crippen molar-refractivity contribution in [3.8, 4) is 0 Å². The van der Waals surface area contributed by atoms with Crippen LogP contribution in [0.1, 0.15) is 23.2 Å². The Morgan fingerprint density at radius 1 is 1.33 bits per heavy atom. The number of hydrogen-bond donors (Lipinski definition) is 3. The monoisotopic (exact) mass is 306 g/mol. The van der Waals surface area contributed by atoms with Crippen LogP contribution in [0.15, 0.2) is 24.3 Å². The number of carbonyl (C=O) groups is 1. The van der Waals surface area contributed by atoms with Crippen LogP contribution >= 0.6 is 11.6 Å². The highest BCUT2D eigenvalue weighted by atomic mass is 35.5. The summed E-state index contributed by atoms with van der Waals surface area (Å²) in [6, 6.07) is 7.26. The predicted molar refractivity (Wildman–Crippen MR) is 82.6 cm³/mol. The maximum atomic E-state index is 11.0. The van der Waals surface area contributed by atoms with Gasteiger partial charge in [-0.2, -0.15) is 0 Å². The maximum absolute atomic E-state index is 11.0. The molecule has 7 heteroatoms. The SMILES string of the molecule is CCNc1nc(C(=O)O)nc(C)c1Nc1ccccc1Cl. The second-order valence-electron chi connectivity index (χ2n) is 4.30. The van der Waals surface area contributed by atoms with Crippen LogP contribution in [0.25, 0.3) is 0 Å². The summed E-state index contributed by atoms with van der Waals surface area (Å²) in [5.41, 5.74) is 1.83. The van der Waals surface area contributed by atoms with Crippen LogP contribution in [0.5, 0.6) is 0 Å². The Hall–Kier alpha value is -2.34. The Kier molecular flexibility index (Phi) is 4.59. The van der Waals surface area contributed by atoms with Crippen LogP contribution in [0.4, 0.5) is 17.2 Å². The van der Waals surface area contributed by atoms with Crippen LogP contribution < -0.4 is 10.6 Å². The fourth-order valence-corrected chi connectivity index (χ4v) is 1.99. The van der Waals surface area contributed by atoms with E-state index in [-0.39, 0.29) is 5.82 Å². The first kappa shape index (κ1) is 15.1. The number of benzene rings is 1. The van der Waals surface area contributed by atoms with E-state index in [9.17, 15) is 4.79 Å². The predicted octanol–water partition coefficient (Wildman–Crippen LogP) is 3.31. The third kappa shape index (κ3) is 3.41. The number of halogens is 1. The normalized spacial score (nSPS) is 10.2. The summed E-state index contributed by atoms with van der Waals surface area (Å²) in [7, 11) is 0. The lowest BCUT2D eigenvalue weighted by Gasteiger charge is -2.15. The molecule has 0 amide bonds. The van der Waals surface area contributed by atoms with Crippen molar-refractivity contribution < 1.29 is 9.90 Å². The average Bonchev–Trinajstić information content (AvgIpc) is 2.44. The second kappa shape index (κ2) is 6.41. The lowest BCUT2D eigenvalue weighted by molar-refractivity contribution is 0.0683. The molecule has 21 heavy (non-hydrogen) atoms. The van der Waals surface area contributed by atoms with Gasteiger partial charge in [0.25, 0.3) is 0 Å². The van der Waals surface area contributed by atoms with Gasteiger partial charge < -0.3 is 15.7 Å². The number of carboxylic acid groups (broad SMARTS) is 1. The zero-order valence-electron chi connectivity index (χ0n) is 11.6. The molecular formula is C14H15ClN4O2. The molecular weight excluding hydrogens is 292 g/mol. The average molecular weight is 307 g/mol. The second-order valence-corrected chi connectivity index (χ2v) is 4.70. The van der Waals surface area contributed by atoms with E-state index in [2.05, 4.69) is 20.6 Å². The van der Waals surface area contributed by atoms with Crippen molar-refractivity contribution >= 4 is 34.8 Å². The molecule has 1 aromatic carbocycles. The van der Waals surface area contributed by atoms with Crippen LogP contribution in [0, 0.1) is 6.92 Å². The third-order valence-corrected chi connectivity index (χ3v) is 3.09. The zero-order chi connectivity index (χ0) is 15.4. The number of para-hydroxylation sites is 1. The van der Waals surface area contributed by atoms with Crippen molar-refractivity contribution in [3.05, 3.63) is 40.8 Å². The topological polar surface area (TPSA) is 87.1 Å². The number of nitrogens with one attached hydrogen (secondary N) is 2. The number of aromatic carboxylic acids is 1. The molecule has 110 valence electrons. The summed E-state index contributed by atoms with van der Waals surface area (Å²) in [4.78, 5) is 19.0. The maximum Gasteiger partial charge on any atom is 0.374 e. The molecule has 3 N–H and O–H groups in total. The highest BCUT2D eigenvalue weighted by molar-refractivity contribution is 6.33. The molecule has 0 saturated heterocycles. The number of aryl methyl sites for hydroxylation is 1. The van der Waals surface area contributed by atoms with Crippen molar-refractivity contribution in [2.45, 2.75) is 13.8 Å². The van der Waals surface area contributed by atoms with Crippen LogP contribution in [-0.2, 0) is 0 Å². The molecule has 0 unspecified atom stereocenters. The molecule has 0 spiro atoms. The number of hydrogen-bond acceptors (Lipinski definition) is 5. The molecule has 2 aromatic rings. The van der Waals surface area contributed by atoms with Gasteiger partial charge in [0.2, 0.25) is 5.82 Å². The van der Waals surface area contributed by atoms with Crippen molar-refractivity contribution in [2.75, 3.05) is 17.2 Å². The fraction of sp³-hybridized carbons (Fsp3) is 0.214. The molecule has 0 atom stereocenters. The quantitative estimate of drug-likeness (QED) is 0.785. The highest BCUT2D eigenvalue weighted by Gasteiger charge is 2.16. The zero-order valence-corrected chi connectivity index (χ0v) is 12.4. The van der Waals surface area contributed by atoms with Gasteiger partial charge in [0, 0.05) is 6.54 Å². The van der Waals surface area contributed by atoms with E-state index in [1.165, 1.54) is 0 Å². The van der Waals surface area contributed by atoms with Crippen molar-refractivity contribution in [1.82, 2.24) is 9.97 Å². The van der Waals surface area contributed by atoms with E-state index < -0.39 is 5.97 Å². The van der Waals surface area contributed by atoms with E-state index >= 15 is 0 Å². The lowest BCUT2D eigenvalue weighted by Crippen LogP contribution is -2.12. The van der Waals surface area contributed by atoms with Gasteiger partial charge in [0.05, 0.1) is 16.4 Å². The van der Waals surface area contributed by atoms with Gasteiger partial charge in [-0.15, -0.1) is 0 Å². The fourth-order valence-electron chi connectivity index (χ4n) is 1.81. The van der Waals surface area contributed by atoms with Crippen LogP contribution in [0.3, 0.4) is 0 Å². The van der Waals surface area contributed by atoms with E-state index in [1.807, 2.05) is 25.1 Å². The Bertz CT molecular complexity index is 676. The standard InChI is InChI=1S/C14H15ClN4O2/c1-3-16-12-11(8(2)17-13(19-12)14(20)21)18-10-7-5-4-6-9(10)15/h4-7,18H,3H2,1-2H3,(H,20,21)(H,16,17,19). The summed E-state index contributed by atoms with van der Waals surface area (Å²) >= 11 is 6.12. The molecule has 1 aromatic heterocycles. The van der Waals surface area contributed by atoms with E-state index in [0.717, 1.165) is 0 Å². The molecule has 6 nitrogen and oxygen atoms in total. The Morgan fingerprint density at radius 3 is 2.67 bits per heavy atom. The Morgan fingerprint density at radius 2 is 2.05 bits per heavy atom. The summed E-state index contributed by atoms with van der Waals surface area (Å²) in [5.74, 6) is -0.975. The first-order valence-corrected chi connectivity index (χ1v) is 6.78. The summed E-state index contributed by atoms with van der Waals surface area (Å²) < 4.78 is 0. The molecule has 0 fully saturated rings. The lowest BCUT2D eigenvalue weighted by atomic mass is 10.2. The van der Waals surface area contributed by atoms with Crippen LogP contribution in [0.2, 0.25) is 5.02 Å². The minimum absolute atomic E-state index is 0.242. The number of aromatic nitrogens is 2. The third-order valence-electron chi connectivity index (χ3n) is 2.76. The largest absolute Gasteiger partial charge is 0.475 e. The minimum Gasteiger partial charge on any atom is -0.475 e. The highest BCUT2D eigenvalue weighted by Crippen LogP contribution is 2.30. The van der Waals surface area contributed by atoms with Gasteiger partial charge >= 0.3 is 5.97 Å². The smallest absolute Gasteiger partial charge is 0.374 e. The Balaban J connectivity index is 2.47. The van der Waals surface area contributed by atoms with Crippen LogP contribution in [-0.4, -0.2) is 27.6 Å². The van der Waals surface area contributed by atoms with Crippen molar-refractivity contribution in [3.63, 3.8) is 0 Å². The molecule has 1 heterocycles. The summed E-state index contributed by atoms with van der Waals surface area (Å²) in [6.07, 6.45) is 0. The van der Waals surface area contributed by atoms with Gasteiger partial charge in [-0.05, 0) is 26.0 Å². The molecule has 0 aliphatic heterocycles. The minimum atomic E-state index is -1.17. The molecule has 0 saturated carbocycles. The van der Waals surface area contributed by atoms with Gasteiger partial charge in [0.1, 0.15) is 5.69 Å². The number of carboxylic acids is 1. The molecule has 0 bridgehead atoms. The van der Waals surface area contributed by atoms with Gasteiger partial charge in [-0.1, -0.05) is 23.7 Å².